The van der Waals surface area contributed by atoms with Crippen molar-refractivity contribution in [1.82, 2.24) is 0 Å². The monoisotopic (exact) mass is 181 g/mol. The van der Waals surface area contributed by atoms with Crippen LogP contribution in [0.3, 0.4) is 0 Å². The van der Waals surface area contributed by atoms with Gasteiger partial charge in [-0.25, -0.2) is 0 Å². The van der Waals surface area contributed by atoms with Gasteiger partial charge < -0.3 is 5.32 Å². The van der Waals surface area contributed by atoms with Crippen LogP contribution in [0.1, 0.15) is 33.3 Å². The molecule has 1 heteroatoms. The smallest absolute Gasteiger partial charge is 0.0372 e. The summed E-state index contributed by atoms with van der Waals surface area (Å²) < 4.78 is 0. The zero-order valence-electron chi connectivity index (χ0n) is 9.44. The van der Waals surface area contributed by atoms with Crippen molar-refractivity contribution in [3.05, 3.63) is 29.3 Å². The first-order valence-electron chi connectivity index (χ1n) is 5.05. The largest absolute Gasteiger partial charge is 0.388 e. The molecule has 0 fully saturated rings. The molecule has 1 N–H and O–H groups in total. The highest BCUT2D eigenvalue weighted by Crippen LogP contribution is 2.16. The molecule has 0 radical (unpaired) electrons. The van der Waals surface area contributed by atoms with Crippen LogP contribution >= 0.6 is 0 Å². The summed E-state index contributed by atoms with van der Waals surface area (Å²) in [6, 6.07) is 6.51. The topological polar surface area (TPSA) is 12.0 Å². The summed E-state index contributed by atoms with van der Waals surface area (Å²) in [7, 11) is 1.97. The van der Waals surface area contributed by atoms with Crippen molar-refractivity contribution in [2.45, 2.75) is 34.1 Å². The average molecular weight is 181 g/mol. The normalized spacial score (nSPS) is 8.69. The quantitative estimate of drug-likeness (QED) is 0.730. The maximum absolute atomic E-state index is 3.19. The molecule has 0 unspecified atom stereocenters. The van der Waals surface area contributed by atoms with E-state index in [9.17, 15) is 0 Å². The summed E-state index contributed by atoms with van der Waals surface area (Å²) in [5.74, 6) is 0. The molecule has 0 aliphatic carbocycles. The van der Waals surface area contributed by atoms with E-state index in [1.54, 1.807) is 0 Å². The second kappa shape index (κ2) is 6.53. The van der Waals surface area contributed by atoms with Gasteiger partial charge >= 0.3 is 0 Å². The lowest BCUT2D eigenvalue weighted by Gasteiger charge is -2.07. The van der Waals surface area contributed by atoms with Crippen molar-refractivity contribution in [3.63, 3.8) is 0 Å². The minimum Gasteiger partial charge on any atom is -0.388 e. The molecule has 0 heterocycles. The van der Waals surface area contributed by atoms with Gasteiger partial charge in [0.1, 0.15) is 0 Å². The van der Waals surface area contributed by atoms with Gasteiger partial charge in [-0.3, -0.25) is 0 Å². The van der Waals surface area contributed by atoms with E-state index in [-0.39, 0.29) is 1.43 Å². The Hall–Kier alpha value is -0.980. The first kappa shape index (κ1) is 12.0. The predicted octanol–water partition coefficient (Wildman–Crippen LogP) is 3.87. The van der Waals surface area contributed by atoms with Crippen LogP contribution in [0.25, 0.3) is 0 Å². The molecule has 0 saturated carbocycles. The molecule has 1 aromatic rings. The summed E-state index contributed by atoms with van der Waals surface area (Å²) >= 11 is 0. The highest BCUT2D eigenvalue weighted by atomic mass is 14.8. The molecule has 0 bridgehead atoms. The molecule has 1 nitrogen and oxygen atoms in total. The Bertz CT molecular complexity index is 246. The Morgan fingerprint density at radius 2 is 1.92 bits per heavy atom. The molecule has 0 amide bonds. The number of nitrogens with one attached hydrogen (secondary N) is 1. The molecule has 1 aromatic carbocycles. The molecule has 1 rings (SSSR count). The number of hydrogen-bond acceptors (Lipinski definition) is 1. The van der Waals surface area contributed by atoms with Crippen molar-refractivity contribution < 1.29 is 1.43 Å². The van der Waals surface area contributed by atoms with Gasteiger partial charge in [0, 0.05) is 14.2 Å². The number of benzene rings is 1. The van der Waals surface area contributed by atoms with Gasteiger partial charge in [-0.05, 0) is 30.5 Å². The fourth-order valence-corrected chi connectivity index (χ4v) is 1.23. The summed E-state index contributed by atoms with van der Waals surface area (Å²) in [6.07, 6.45) is 1.09. The molecule has 0 atom stereocenters. The van der Waals surface area contributed by atoms with Crippen LogP contribution in [0.5, 0.6) is 0 Å². The van der Waals surface area contributed by atoms with E-state index >= 15 is 0 Å². The van der Waals surface area contributed by atoms with Gasteiger partial charge in [-0.15, -0.1) is 0 Å². The lowest BCUT2D eigenvalue weighted by atomic mass is 10.1. The first-order chi connectivity index (χ1) is 6.27. The van der Waals surface area contributed by atoms with Crippen molar-refractivity contribution in [1.29, 1.82) is 0 Å². The third-order valence-corrected chi connectivity index (χ3v) is 1.92. The summed E-state index contributed by atoms with van der Waals surface area (Å²) in [6.45, 7) is 8.28. The van der Waals surface area contributed by atoms with Crippen LogP contribution in [0.2, 0.25) is 0 Å². The number of hydrogen-bond donors (Lipinski definition) is 1. The highest BCUT2D eigenvalue weighted by molar-refractivity contribution is 5.52. The Morgan fingerprint density at radius 1 is 1.31 bits per heavy atom. The first-order valence-corrected chi connectivity index (χ1v) is 5.05. The van der Waals surface area contributed by atoms with Gasteiger partial charge in [-0.2, -0.15) is 0 Å². The van der Waals surface area contributed by atoms with E-state index in [2.05, 4.69) is 37.4 Å². The van der Waals surface area contributed by atoms with Gasteiger partial charge in [0.2, 0.25) is 0 Å². The summed E-state index contributed by atoms with van der Waals surface area (Å²) in [4.78, 5) is 0. The number of anilines is 1. The average Bonchev–Trinajstić information content (AvgIpc) is 2.20. The van der Waals surface area contributed by atoms with Gasteiger partial charge in [-0.1, -0.05) is 32.9 Å². The zero-order valence-corrected chi connectivity index (χ0v) is 9.44. The molecule has 13 heavy (non-hydrogen) atoms. The van der Waals surface area contributed by atoms with Crippen LogP contribution in [0.4, 0.5) is 5.69 Å². The third-order valence-electron chi connectivity index (χ3n) is 1.92. The molecule has 0 aliphatic rings. The summed E-state index contributed by atoms with van der Waals surface area (Å²) in [5.41, 5.74) is 3.96. The SMILES string of the molecule is CC.CCc1ccc(C)cc1NC.[HH]. The van der Waals surface area contributed by atoms with Gasteiger partial charge in [0.05, 0.1) is 0 Å². The standard InChI is InChI=1S/C10H15N.C2H6.H2/c1-4-9-6-5-8(2)7-10(9)11-3;1-2;/h5-7,11H,4H2,1-3H3;1-2H3;1H. The van der Waals surface area contributed by atoms with E-state index in [0.29, 0.717) is 0 Å². The lowest BCUT2D eigenvalue weighted by molar-refractivity contribution is 1.13. The fraction of sp³-hybridized carbons (Fsp3) is 0.500. The lowest BCUT2D eigenvalue weighted by Crippen LogP contribution is -1.94. The Kier molecular flexibility index (Phi) is 6.03. The number of rotatable bonds is 2. The Balaban J connectivity index is 0. The van der Waals surface area contributed by atoms with Crippen LogP contribution in [-0.2, 0) is 6.42 Å². The van der Waals surface area contributed by atoms with Crippen LogP contribution in [0.15, 0.2) is 18.2 Å². The van der Waals surface area contributed by atoms with Crippen LogP contribution in [-0.4, -0.2) is 7.05 Å². The van der Waals surface area contributed by atoms with E-state index in [4.69, 9.17) is 0 Å². The molecule has 76 valence electrons. The van der Waals surface area contributed by atoms with Gasteiger partial charge in [0.15, 0.2) is 0 Å². The highest BCUT2D eigenvalue weighted by Gasteiger charge is 1.96. The van der Waals surface area contributed by atoms with Crippen molar-refractivity contribution >= 4 is 5.69 Å². The minimum absolute atomic E-state index is 0. The second-order valence-corrected chi connectivity index (χ2v) is 2.76. The molecular formula is C12H23N. The summed E-state index contributed by atoms with van der Waals surface area (Å²) in [5, 5.41) is 3.19. The van der Waals surface area contributed by atoms with Crippen molar-refractivity contribution in [2.24, 2.45) is 0 Å². The minimum atomic E-state index is 0. The maximum Gasteiger partial charge on any atom is 0.0372 e. The Labute approximate surface area is 83.7 Å². The zero-order chi connectivity index (χ0) is 10.3. The van der Waals surface area contributed by atoms with E-state index in [1.165, 1.54) is 16.8 Å². The Morgan fingerprint density at radius 3 is 2.38 bits per heavy atom. The maximum atomic E-state index is 3.19. The van der Waals surface area contributed by atoms with Crippen LogP contribution < -0.4 is 5.32 Å². The molecular weight excluding hydrogens is 158 g/mol. The van der Waals surface area contributed by atoms with Crippen molar-refractivity contribution in [2.75, 3.05) is 12.4 Å². The predicted molar refractivity (Wildman–Crippen MR) is 63.6 cm³/mol. The van der Waals surface area contributed by atoms with Crippen LogP contribution in [0, 0.1) is 6.92 Å². The molecule has 0 spiro atoms. The third kappa shape index (κ3) is 3.49. The van der Waals surface area contributed by atoms with E-state index in [1.807, 2.05) is 20.9 Å². The van der Waals surface area contributed by atoms with E-state index in [0.717, 1.165) is 6.42 Å². The number of aryl methyl sites for hydroxylation is 2. The molecule has 0 aromatic heterocycles. The second-order valence-electron chi connectivity index (χ2n) is 2.76. The van der Waals surface area contributed by atoms with E-state index < -0.39 is 0 Å². The van der Waals surface area contributed by atoms with Gasteiger partial charge in [0.25, 0.3) is 0 Å². The molecule has 0 saturated heterocycles. The fourth-order valence-electron chi connectivity index (χ4n) is 1.23. The molecule has 0 aliphatic heterocycles. The van der Waals surface area contributed by atoms with Crippen molar-refractivity contribution in [3.8, 4) is 0 Å².